The molecule has 32 heavy (non-hydrogen) atoms. The summed E-state index contributed by atoms with van der Waals surface area (Å²) < 4.78 is 25.6. The fourth-order valence-electron chi connectivity index (χ4n) is 4.69. The Hall–Kier alpha value is -2.95. The number of benzene rings is 1. The molecular formula is C21H27N5O5S. The number of piperazine rings is 1. The van der Waals surface area contributed by atoms with Gasteiger partial charge in [-0.2, -0.15) is 5.10 Å². The van der Waals surface area contributed by atoms with E-state index in [2.05, 4.69) is 10.00 Å². The van der Waals surface area contributed by atoms with E-state index in [9.17, 15) is 23.3 Å². The SMILES string of the molecule is Cc1ccc(C(=O)N2CCN(c3c(C)nn(C4CCS(=O)(=O)C4)c3C)CC2)cc1[N+](=O)[O-]. The van der Waals surface area contributed by atoms with Crippen molar-refractivity contribution in [2.24, 2.45) is 0 Å². The molecule has 1 atom stereocenters. The fourth-order valence-corrected chi connectivity index (χ4v) is 6.38. The van der Waals surface area contributed by atoms with Gasteiger partial charge in [-0.3, -0.25) is 19.6 Å². The molecule has 4 rings (SSSR count). The number of anilines is 1. The van der Waals surface area contributed by atoms with E-state index in [-0.39, 0.29) is 29.1 Å². The highest BCUT2D eigenvalue weighted by Crippen LogP contribution is 2.32. The first kappa shape index (κ1) is 22.3. The molecule has 2 fully saturated rings. The van der Waals surface area contributed by atoms with E-state index in [1.165, 1.54) is 6.07 Å². The van der Waals surface area contributed by atoms with Gasteiger partial charge in [0.2, 0.25) is 0 Å². The molecule has 0 N–H and O–H groups in total. The minimum absolute atomic E-state index is 0.0536. The quantitative estimate of drug-likeness (QED) is 0.505. The number of aromatic nitrogens is 2. The van der Waals surface area contributed by atoms with Crippen LogP contribution in [0, 0.1) is 30.9 Å². The lowest BCUT2D eigenvalue weighted by molar-refractivity contribution is -0.385. The number of sulfone groups is 1. The highest BCUT2D eigenvalue weighted by molar-refractivity contribution is 7.91. The smallest absolute Gasteiger partial charge is 0.273 e. The molecule has 3 heterocycles. The van der Waals surface area contributed by atoms with Gasteiger partial charge in [0.15, 0.2) is 9.84 Å². The number of nitrogens with zero attached hydrogens (tertiary/aromatic N) is 5. The van der Waals surface area contributed by atoms with Crippen LogP contribution in [-0.2, 0) is 9.84 Å². The third-order valence-electron chi connectivity index (χ3n) is 6.38. The molecule has 0 aliphatic carbocycles. The van der Waals surface area contributed by atoms with Gasteiger partial charge in [-0.15, -0.1) is 0 Å². The van der Waals surface area contributed by atoms with Gasteiger partial charge >= 0.3 is 0 Å². The molecule has 0 radical (unpaired) electrons. The Morgan fingerprint density at radius 2 is 1.84 bits per heavy atom. The van der Waals surface area contributed by atoms with E-state index < -0.39 is 14.8 Å². The summed E-state index contributed by atoms with van der Waals surface area (Å²) in [4.78, 5) is 27.5. The second-order valence-electron chi connectivity index (χ2n) is 8.56. The Kier molecular flexibility index (Phi) is 5.70. The van der Waals surface area contributed by atoms with Crippen LogP contribution in [0.4, 0.5) is 11.4 Å². The van der Waals surface area contributed by atoms with Gasteiger partial charge < -0.3 is 9.80 Å². The molecule has 0 bridgehead atoms. The molecular weight excluding hydrogens is 434 g/mol. The summed E-state index contributed by atoms with van der Waals surface area (Å²) in [6.07, 6.45) is 0.578. The third-order valence-corrected chi connectivity index (χ3v) is 8.13. The monoisotopic (exact) mass is 461 g/mol. The Morgan fingerprint density at radius 3 is 2.44 bits per heavy atom. The van der Waals surface area contributed by atoms with Gasteiger partial charge in [0.1, 0.15) is 0 Å². The second kappa shape index (κ2) is 8.19. The van der Waals surface area contributed by atoms with Crippen LogP contribution in [0.25, 0.3) is 0 Å². The maximum absolute atomic E-state index is 12.9. The number of rotatable bonds is 4. The summed E-state index contributed by atoms with van der Waals surface area (Å²) in [6.45, 7) is 7.72. The zero-order valence-corrected chi connectivity index (χ0v) is 19.3. The van der Waals surface area contributed by atoms with Crippen molar-refractivity contribution in [2.75, 3.05) is 42.6 Å². The van der Waals surface area contributed by atoms with Gasteiger partial charge in [-0.05, 0) is 33.3 Å². The number of carbonyl (C=O) groups excluding carboxylic acids is 1. The van der Waals surface area contributed by atoms with Crippen molar-refractivity contribution < 1.29 is 18.1 Å². The van der Waals surface area contributed by atoms with E-state index >= 15 is 0 Å². The van der Waals surface area contributed by atoms with Gasteiger partial charge in [0.25, 0.3) is 11.6 Å². The predicted octanol–water partition coefficient (Wildman–Crippen LogP) is 2.04. The van der Waals surface area contributed by atoms with Crippen LogP contribution < -0.4 is 4.90 Å². The average Bonchev–Trinajstić information content (AvgIpc) is 3.25. The van der Waals surface area contributed by atoms with Crippen LogP contribution in [0.1, 0.15) is 39.8 Å². The molecule has 11 heteroatoms. The number of carbonyl (C=O) groups is 1. The van der Waals surface area contributed by atoms with Gasteiger partial charge in [0, 0.05) is 43.4 Å². The summed E-state index contributed by atoms with van der Waals surface area (Å²) in [5, 5.41) is 15.8. The van der Waals surface area contributed by atoms with Crippen LogP contribution >= 0.6 is 0 Å². The van der Waals surface area contributed by atoms with Crippen LogP contribution in [0.2, 0.25) is 0 Å². The fraction of sp³-hybridized carbons (Fsp3) is 0.524. The number of nitro benzene ring substituents is 1. The van der Waals surface area contributed by atoms with E-state index in [0.29, 0.717) is 43.7 Å². The van der Waals surface area contributed by atoms with Crippen LogP contribution in [-0.4, -0.2) is 71.6 Å². The van der Waals surface area contributed by atoms with Crippen molar-refractivity contribution in [1.82, 2.24) is 14.7 Å². The molecule has 2 aromatic rings. The summed E-state index contributed by atoms with van der Waals surface area (Å²) in [7, 11) is -3.00. The Balaban J connectivity index is 1.47. The molecule has 1 aromatic carbocycles. The standard InChI is InChI=1S/C21H27N5O5S/c1-14-4-5-17(12-19(14)26(28)29)21(27)24-9-7-23(8-10-24)20-15(2)22-25(16(20)3)18-6-11-32(30,31)13-18/h4-5,12,18H,6-11,13H2,1-3H3. The molecule has 2 aliphatic rings. The first-order chi connectivity index (χ1) is 15.1. The molecule has 172 valence electrons. The first-order valence-electron chi connectivity index (χ1n) is 10.6. The zero-order valence-electron chi connectivity index (χ0n) is 18.4. The van der Waals surface area contributed by atoms with E-state index in [0.717, 1.165) is 17.1 Å². The second-order valence-corrected chi connectivity index (χ2v) is 10.8. The molecule has 1 aromatic heterocycles. The molecule has 0 saturated carbocycles. The summed E-state index contributed by atoms with van der Waals surface area (Å²) >= 11 is 0. The molecule has 1 amide bonds. The highest BCUT2D eigenvalue weighted by atomic mass is 32.2. The van der Waals surface area contributed by atoms with Crippen molar-refractivity contribution in [3.8, 4) is 0 Å². The lowest BCUT2D eigenvalue weighted by atomic mass is 10.1. The Morgan fingerprint density at radius 1 is 1.16 bits per heavy atom. The van der Waals surface area contributed by atoms with E-state index in [1.807, 2.05) is 18.5 Å². The van der Waals surface area contributed by atoms with Crippen molar-refractivity contribution in [3.63, 3.8) is 0 Å². The predicted molar refractivity (Wildman–Crippen MR) is 120 cm³/mol. The molecule has 0 spiro atoms. The molecule has 1 unspecified atom stereocenters. The Bertz CT molecular complexity index is 1180. The molecule has 2 saturated heterocycles. The van der Waals surface area contributed by atoms with E-state index in [4.69, 9.17) is 0 Å². The number of nitro groups is 1. The summed E-state index contributed by atoms with van der Waals surface area (Å²) in [5.41, 5.74) is 3.57. The van der Waals surface area contributed by atoms with Gasteiger partial charge in [-0.1, -0.05) is 6.07 Å². The van der Waals surface area contributed by atoms with Gasteiger partial charge in [-0.25, -0.2) is 8.42 Å². The maximum atomic E-state index is 12.9. The van der Waals surface area contributed by atoms with Gasteiger partial charge in [0.05, 0.1) is 39.5 Å². The van der Waals surface area contributed by atoms with E-state index in [1.54, 1.807) is 24.0 Å². The topological polar surface area (TPSA) is 119 Å². The minimum atomic E-state index is -3.00. The van der Waals surface area contributed by atoms with Crippen molar-refractivity contribution in [1.29, 1.82) is 0 Å². The maximum Gasteiger partial charge on any atom is 0.273 e. The largest absolute Gasteiger partial charge is 0.365 e. The molecule has 10 nitrogen and oxygen atoms in total. The third kappa shape index (κ3) is 4.08. The molecule has 2 aliphatic heterocycles. The van der Waals surface area contributed by atoms with Crippen LogP contribution in [0.15, 0.2) is 18.2 Å². The number of hydrogen-bond acceptors (Lipinski definition) is 7. The van der Waals surface area contributed by atoms with Crippen molar-refractivity contribution in [3.05, 3.63) is 50.8 Å². The van der Waals surface area contributed by atoms with Crippen LogP contribution in [0.3, 0.4) is 0 Å². The minimum Gasteiger partial charge on any atom is -0.365 e. The summed E-state index contributed by atoms with van der Waals surface area (Å²) in [6, 6.07) is 4.45. The summed E-state index contributed by atoms with van der Waals surface area (Å²) in [5.74, 6) is 0.107. The van der Waals surface area contributed by atoms with Crippen molar-refractivity contribution >= 4 is 27.1 Å². The first-order valence-corrected chi connectivity index (χ1v) is 12.4. The zero-order chi connectivity index (χ0) is 23.2. The Labute approximate surface area is 186 Å². The van der Waals surface area contributed by atoms with Crippen LogP contribution in [0.5, 0.6) is 0 Å². The number of amides is 1. The highest BCUT2D eigenvalue weighted by Gasteiger charge is 2.33. The average molecular weight is 462 g/mol. The lowest BCUT2D eigenvalue weighted by Gasteiger charge is -2.36. The van der Waals surface area contributed by atoms with Crippen molar-refractivity contribution in [2.45, 2.75) is 33.2 Å². The normalized spacial score (nSPS) is 20.5. The lowest BCUT2D eigenvalue weighted by Crippen LogP contribution is -2.49. The number of hydrogen-bond donors (Lipinski definition) is 0. The number of aryl methyl sites for hydroxylation is 2.